The average molecular weight is 295 g/mol. The van der Waals surface area contributed by atoms with Gasteiger partial charge in [0.2, 0.25) is 0 Å². The van der Waals surface area contributed by atoms with Gasteiger partial charge in [-0.25, -0.2) is 9.48 Å². The Hall–Kier alpha value is -2.18. The first-order chi connectivity index (χ1) is 9.93. The average Bonchev–Trinajstić information content (AvgIpc) is 2.45. The van der Waals surface area contributed by atoms with Crippen LogP contribution in [-0.4, -0.2) is 34.8 Å². The predicted octanol–water partition coefficient (Wildman–Crippen LogP) is 0.582. The largest absolute Gasteiger partial charge is 0.451 e. The molecule has 0 aliphatic carbocycles. The van der Waals surface area contributed by atoms with E-state index in [9.17, 15) is 14.4 Å². The highest BCUT2D eigenvalue weighted by Crippen LogP contribution is 1.96. The Kier molecular flexibility index (Phi) is 6.58. The van der Waals surface area contributed by atoms with E-state index in [1.807, 2.05) is 20.8 Å². The molecule has 1 rings (SSSR count). The normalized spacial score (nSPS) is 10.5. The van der Waals surface area contributed by atoms with Crippen LogP contribution in [0.25, 0.3) is 0 Å². The fourth-order valence-corrected chi connectivity index (χ4v) is 1.50. The lowest BCUT2D eigenvalue weighted by Crippen LogP contribution is -2.32. The standard InChI is InChI=1S/C14H21N3O4/c1-4-7-17-13(19)6-5-11(16-17)14(20)21-9-12(18)15-8-10(2)3/h5-6,10H,4,7-9H2,1-3H3,(H,15,18). The summed E-state index contributed by atoms with van der Waals surface area (Å²) in [6.07, 6.45) is 0.725. The summed E-state index contributed by atoms with van der Waals surface area (Å²) >= 11 is 0. The molecule has 1 aromatic heterocycles. The molecule has 0 spiro atoms. The number of aryl methyl sites for hydroxylation is 1. The molecule has 0 aliphatic rings. The first kappa shape index (κ1) is 16.9. The molecule has 1 aromatic rings. The Morgan fingerprint density at radius 3 is 2.71 bits per heavy atom. The molecule has 0 fully saturated rings. The highest BCUT2D eigenvalue weighted by atomic mass is 16.5. The lowest BCUT2D eigenvalue weighted by molar-refractivity contribution is -0.124. The maximum Gasteiger partial charge on any atom is 0.359 e. The predicted molar refractivity (Wildman–Crippen MR) is 76.9 cm³/mol. The van der Waals surface area contributed by atoms with E-state index in [0.717, 1.165) is 6.42 Å². The SMILES string of the molecule is CCCn1nc(C(=O)OCC(=O)NCC(C)C)ccc1=O. The number of hydrogen-bond donors (Lipinski definition) is 1. The van der Waals surface area contributed by atoms with Gasteiger partial charge >= 0.3 is 5.97 Å². The lowest BCUT2D eigenvalue weighted by atomic mass is 10.2. The van der Waals surface area contributed by atoms with Gasteiger partial charge in [-0.05, 0) is 18.4 Å². The van der Waals surface area contributed by atoms with Crippen molar-refractivity contribution in [2.45, 2.75) is 33.7 Å². The summed E-state index contributed by atoms with van der Waals surface area (Å²) in [7, 11) is 0. The van der Waals surface area contributed by atoms with Crippen molar-refractivity contribution in [2.75, 3.05) is 13.2 Å². The Morgan fingerprint density at radius 1 is 1.38 bits per heavy atom. The molecule has 0 saturated heterocycles. The second-order valence-electron chi connectivity index (χ2n) is 5.05. The maximum absolute atomic E-state index is 11.8. The number of amides is 1. The smallest absolute Gasteiger partial charge is 0.359 e. The molecule has 1 N–H and O–H groups in total. The second kappa shape index (κ2) is 8.18. The summed E-state index contributed by atoms with van der Waals surface area (Å²) in [6.45, 7) is 6.42. The minimum atomic E-state index is -0.723. The summed E-state index contributed by atoms with van der Waals surface area (Å²) in [5.74, 6) is -0.762. The van der Waals surface area contributed by atoms with Crippen LogP contribution in [0.5, 0.6) is 0 Å². The van der Waals surface area contributed by atoms with Crippen molar-refractivity contribution in [2.24, 2.45) is 5.92 Å². The van der Waals surface area contributed by atoms with E-state index in [2.05, 4.69) is 10.4 Å². The summed E-state index contributed by atoms with van der Waals surface area (Å²) in [4.78, 5) is 34.7. The number of nitrogens with one attached hydrogen (secondary N) is 1. The van der Waals surface area contributed by atoms with E-state index < -0.39 is 5.97 Å². The minimum Gasteiger partial charge on any atom is -0.451 e. The first-order valence-electron chi connectivity index (χ1n) is 6.96. The van der Waals surface area contributed by atoms with Crippen LogP contribution in [0.4, 0.5) is 0 Å². The fourth-order valence-electron chi connectivity index (χ4n) is 1.50. The molecule has 0 unspecified atom stereocenters. The van der Waals surface area contributed by atoms with E-state index in [1.54, 1.807) is 0 Å². The molecule has 0 aliphatic heterocycles. The summed E-state index contributed by atoms with van der Waals surface area (Å²) in [5.41, 5.74) is -0.261. The van der Waals surface area contributed by atoms with Gasteiger partial charge in [-0.15, -0.1) is 0 Å². The molecule has 0 atom stereocenters. The van der Waals surface area contributed by atoms with Crippen LogP contribution in [-0.2, 0) is 16.1 Å². The number of hydrogen-bond acceptors (Lipinski definition) is 5. The zero-order valence-electron chi connectivity index (χ0n) is 12.6. The molecule has 116 valence electrons. The number of nitrogens with zero attached hydrogens (tertiary/aromatic N) is 2. The lowest BCUT2D eigenvalue weighted by Gasteiger charge is -2.08. The van der Waals surface area contributed by atoms with Crippen LogP contribution in [0.3, 0.4) is 0 Å². The van der Waals surface area contributed by atoms with E-state index in [0.29, 0.717) is 19.0 Å². The second-order valence-corrected chi connectivity index (χ2v) is 5.05. The van der Waals surface area contributed by atoms with Gasteiger partial charge in [0.1, 0.15) is 0 Å². The van der Waals surface area contributed by atoms with E-state index in [1.165, 1.54) is 16.8 Å². The third-order valence-corrected chi connectivity index (χ3v) is 2.55. The van der Waals surface area contributed by atoms with Gasteiger partial charge < -0.3 is 10.1 Å². The number of carbonyl (C=O) groups is 2. The summed E-state index contributed by atoms with van der Waals surface area (Å²) < 4.78 is 6.07. The van der Waals surface area contributed by atoms with Crippen molar-refractivity contribution in [1.29, 1.82) is 0 Å². The Labute approximate surface area is 123 Å². The van der Waals surface area contributed by atoms with E-state index in [4.69, 9.17) is 4.74 Å². The van der Waals surface area contributed by atoms with Crippen molar-refractivity contribution >= 4 is 11.9 Å². The highest BCUT2D eigenvalue weighted by molar-refractivity contribution is 5.89. The summed E-state index contributed by atoms with van der Waals surface area (Å²) in [5, 5.41) is 6.55. The molecule has 1 heterocycles. The topological polar surface area (TPSA) is 90.3 Å². The van der Waals surface area contributed by atoms with Crippen molar-refractivity contribution < 1.29 is 14.3 Å². The van der Waals surface area contributed by atoms with Crippen LogP contribution in [0.15, 0.2) is 16.9 Å². The van der Waals surface area contributed by atoms with Gasteiger partial charge in [-0.3, -0.25) is 9.59 Å². The van der Waals surface area contributed by atoms with Gasteiger partial charge in [0, 0.05) is 19.2 Å². The van der Waals surface area contributed by atoms with Gasteiger partial charge in [-0.1, -0.05) is 20.8 Å². The fraction of sp³-hybridized carbons (Fsp3) is 0.571. The number of ether oxygens (including phenoxy) is 1. The third-order valence-electron chi connectivity index (χ3n) is 2.55. The molecule has 0 aromatic carbocycles. The maximum atomic E-state index is 11.8. The quantitative estimate of drug-likeness (QED) is 0.743. The molecule has 0 radical (unpaired) electrons. The number of aromatic nitrogens is 2. The van der Waals surface area contributed by atoms with Crippen molar-refractivity contribution in [1.82, 2.24) is 15.1 Å². The van der Waals surface area contributed by atoms with E-state index in [-0.39, 0.29) is 23.8 Å². The number of esters is 1. The Morgan fingerprint density at radius 2 is 2.10 bits per heavy atom. The first-order valence-corrected chi connectivity index (χ1v) is 6.96. The van der Waals surface area contributed by atoms with Gasteiger partial charge in [0.15, 0.2) is 12.3 Å². The van der Waals surface area contributed by atoms with Crippen LogP contribution in [0.1, 0.15) is 37.7 Å². The minimum absolute atomic E-state index is 0.0136. The zero-order chi connectivity index (χ0) is 15.8. The number of rotatable bonds is 7. The Balaban J connectivity index is 2.58. The molecule has 7 nitrogen and oxygen atoms in total. The van der Waals surface area contributed by atoms with Crippen molar-refractivity contribution in [3.63, 3.8) is 0 Å². The zero-order valence-corrected chi connectivity index (χ0v) is 12.6. The molecular formula is C14H21N3O4. The monoisotopic (exact) mass is 295 g/mol. The summed E-state index contributed by atoms with van der Waals surface area (Å²) in [6, 6.07) is 2.56. The van der Waals surface area contributed by atoms with Crippen LogP contribution in [0.2, 0.25) is 0 Å². The van der Waals surface area contributed by atoms with Gasteiger partial charge in [0.05, 0.1) is 0 Å². The molecule has 0 saturated carbocycles. The molecular weight excluding hydrogens is 274 g/mol. The van der Waals surface area contributed by atoms with Gasteiger partial charge in [0.25, 0.3) is 11.5 Å². The van der Waals surface area contributed by atoms with E-state index >= 15 is 0 Å². The van der Waals surface area contributed by atoms with Crippen molar-refractivity contribution in [3.05, 3.63) is 28.2 Å². The highest BCUT2D eigenvalue weighted by Gasteiger charge is 2.13. The molecule has 0 bridgehead atoms. The van der Waals surface area contributed by atoms with Crippen LogP contribution in [0, 0.1) is 5.92 Å². The molecule has 21 heavy (non-hydrogen) atoms. The van der Waals surface area contributed by atoms with Crippen LogP contribution >= 0.6 is 0 Å². The third kappa shape index (κ3) is 5.76. The van der Waals surface area contributed by atoms with Gasteiger partial charge in [-0.2, -0.15) is 5.10 Å². The number of carbonyl (C=O) groups excluding carboxylic acids is 2. The molecule has 1 amide bonds. The van der Waals surface area contributed by atoms with Crippen molar-refractivity contribution in [3.8, 4) is 0 Å². The van der Waals surface area contributed by atoms with Crippen LogP contribution < -0.4 is 10.9 Å². The Bertz CT molecular complexity index is 551. The molecule has 7 heteroatoms.